The van der Waals surface area contributed by atoms with Gasteiger partial charge in [0.25, 0.3) is 5.91 Å². The van der Waals surface area contributed by atoms with Crippen LogP contribution in [0.2, 0.25) is 0 Å². The van der Waals surface area contributed by atoms with E-state index in [0.29, 0.717) is 23.2 Å². The Morgan fingerprint density at radius 1 is 1.15 bits per heavy atom. The van der Waals surface area contributed by atoms with Crippen molar-refractivity contribution in [1.82, 2.24) is 24.6 Å². The van der Waals surface area contributed by atoms with E-state index in [1.807, 2.05) is 41.9 Å². The lowest BCUT2D eigenvalue weighted by atomic mass is 9.99. The molecular formula is C26H26N6O2. The maximum absolute atomic E-state index is 12.7. The molecule has 3 aromatic heterocycles. The first-order valence-corrected chi connectivity index (χ1v) is 11.3. The van der Waals surface area contributed by atoms with Crippen LogP contribution < -0.4 is 5.32 Å². The molecule has 2 atom stereocenters. The van der Waals surface area contributed by atoms with Gasteiger partial charge in [-0.15, -0.1) is 0 Å². The third kappa shape index (κ3) is 4.52. The van der Waals surface area contributed by atoms with E-state index >= 15 is 0 Å². The summed E-state index contributed by atoms with van der Waals surface area (Å²) in [5.41, 5.74) is 4.68. The number of amides is 2. The second-order valence-electron chi connectivity index (χ2n) is 8.92. The molecule has 0 spiro atoms. The molecule has 0 saturated carbocycles. The molecule has 34 heavy (non-hydrogen) atoms. The topological polar surface area (TPSA) is 93.0 Å². The first-order valence-electron chi connectivity index (χ1n) is 11.3. The molecule has 2 aliphatic rings. The highest BCUT2D eigenvalue weighted by molar-refractivity contribution is 6.03. The van der Waals surface area contributed by atoms with Gasteiger partial charge in [0.15, 0.2) is 0 Å². The van der Waals surface area contributed by atoms with E-state index in [1.165, 1.54) is 11.8 Å². The van der Waals surface area contributed by atoms with Crippen molar-refractivity contribution in [3.8, 4) is 0 Å². The molecule has 4 heterocycles. The summed E-state index contributed by atoms with van der Waals surface area (Å²) in [7, 11) is 1.96. The summed E-state index contributed by atoms with van der Waals surface area (Å²) in [5, 5.41) is 7.02. The first-order chi connectivity index (χ1) is 16.5. The Bertz CT molecular complexity index is 1290. The maximum atomic E-state index is 12.7. The van der Waals surface area contributed by atoms with Crippen LogP contribution in [0.15, 0.2) is 61.2 Å². The van der Waals surface area contributed by atoms with Gasteiger partial charge in [-0.25, -0.2) is 4.98 Å². The number of rotatable bonds is 5. The van der Waals surface area contributed by atoms with Gasteiger partial charge in [-0.05, 0) is 72.2 Å². The molecule has 1 saturated heterocycles. The van der Waals surface area contributed by atoms with Crippen LogP contribution in [0.1, 0.15) is 33.6 Å². The van der Waals surface area contributed by atoms with Crippen molar-refractivity contribution in [2.24, 2.45) is 18.9 Å². The fourth-order valence-electron chi connectivity index (χ4n) is 4.69. The molecular weight excluding hydrogens is 428 g/mol. The number of carbonyl (C=O) groups is 2. The fraction of sp³-hybridized carbons (Fsp3) is 0.269. The lowest BCUT2D eigenvalue weighted by molar-refractivity contribution is -0.125. The quantitative estimate of drug-likeness (QED) is 0.597. The number of fused-ring (bicyclic) bond motifs is 1. The van der Waals surface area contributed by atoms with Gasteiger partial charge in [-0.3, -0.25) is 19.3 Å². The lowest BCUT2D eigenvalue weighted by Gasteiger charge is -2.15. The zero-order valence-corrected chi connectivity index (χ0v) is 19.2. The number of allylic oxidation sites excluding steroid dienone is 1. The highest BCUT2D eigenvalue weighted by Gasteiger charge is 2.38. The Hall–Kier alpha value is -4.07. The molecule has 1 fully saturated rings. The van der Waals surface area contributed by atoms with Gasteiger partial charge in [0, 0.05) is 51.0 Å². The van der Waals surface area contributed by atoms with Gasteiger partial charge >= 0.3 is 0 Å². The molecule has 8 nitrogen and oxygen atoms in total. The average Bonchev–Trinajstić information content (AvgIpc) is 3.53. The van der Waals surface area contributed by atoms with Crippen LogP contribution in [0.4, 0.5) is 5.82 Å². The van der Waals surface area contributed by atoms with Gasteiger partial charge in [0.1, 0.15) is 5.82 Å². The third-order valence-electron chi connectivity index (χ3n) is 6.43. The molecule has 3 aromatic rings. The van der Waals surface area contributed by atoms with E-state index < -0.39 is 0 Å². The van der Waals surface area contributed by atoms with Crippen LogP contribution in [-0.4, -0.2) is 49.6 Å². The summed E-state index contributed by atoms with van der Waals surface area (Å²) < 4.78 is 1.91. The maximum Gasteiger partial charge on any atom is 0.258 e. The molecule has 2 unspecified atom stereocenters. The number of nitrogens with one attached hydrogen (secondary N) is 1. The summed E-state index contributed by atoms with van der Waals surface area (Å²) in [6.45, 7) is 3.39. The standard InChI is InChI=1S/C26H26N6O2/c1-17-9-20(14-27-12-17)26(34)30-24-5-3-18(13-28-24)4-6-25(33)32-15-21-10-19(11-22(21)16-32)23-7-8-29-31(23)2/h3-10,12-14,21-22H,11,15-16H2,1-2H3,(H,28,30,34). The second kappa shape index (κ2) is 9.05. The Labute approximate surface area is 198 Å². The number of hydrogen-bond donors (Lipinski definition) is 1. The molecule has 1 aliphatic carbocycles. The molecule has 0 aromatic carbocycles. The summed E-state index contributed by atoms with van der Waals surface area (Å²) in [6.07, 6.45) is 13.3. The van der Waals surface area contributed by atoms with Gasteiger partial charge in [-0.2, -0.15) is 5.10 Å². The molecule has 8 heteroatoms. The minimum atomic E-state index is -0.262. The lowest BCUT2D eigenvalue weighted by Crippen LogP contribution is -2.27. The van der Waals surface area contributed by atoms with E-state index in [0.717, 1.165) is 36.3 Å². The van der Waals surface area contributed by atoms with E-state index in [-0.39, 0.29) is 11.8 Å². The molecule has 1 N–H and O–H groups in total. The van der Waals surface area contributed by atoms with E-state index in [2.05, 4.69) is 26.5 Å². The SMILES string of the molecule is Cc1cncc(C(=O)Nc2ccc(C=CC(=O)N3CC4C=C(c5ccnn5C)CC4C3)cn2)c1. The van der Waals surface area contributed by atoms with E-state index in [9.17, 15) is 9.59 Å². The summed E-state index contributed by atoms with van der Waals surface area (Å²) in [4.78, 5) is 35.3. The third-order valence-corrected chi connectivity index (χ3v) is 6.43. The monoisotopic (exact) mass is 454 g/mol. The van der Waals surface area contributed by atoms with Crippen LogP contribution in [0.25, 0.3) is 11.6 Å². The van der Waals surface area contributed by atoms with E-state index in [1.54, 1.807) is 36.7 Å². The van der Waals surface area contributed by atoms with Gasteiger partial charge < -0.3 is 10.2 Å². The Morgan fingerprint density at radius 3 is 2.74 bits per heavy atom. The van der Waals surface area contributed by atoms with Gasteiger partial charge in [-0.1, -0.05) is 6.08 Å². The van der Waals surface area contributed by atoms with Gasteiger partial charge in [0.05, 0.1) is 11.3 Å². The zero-order valence-electron chi connectivity index (χ0n) is 19.2. The number of aryl methyl sites for hydroxylation is 2. The molecule has 0 radical (unpaired) electrons. The van der Waals surface area contributed by atoms with Crippen molar-refractivity contribution in [2.75, 3.05) is 18.4 Å². The Balaban J connectivity index is 1.16. The molecule has 172 valence electrons. The summed E-state index contributed by atoms with van der Waals surface area (Å²) in [6, 6.07) is 7.36. The van der Waals surface area contributed by atoms with Crippen molar-refractivity contribution in [2.45, 2.75) is 13.3 Å². The second-order valence-corrected chi connectivity index (χ2v) is 8.92. The molecule has 5 rings (SSSR count). The van der Waals surface area contributed by atoms with Crippen LogP contribution in [-0.2, 0) is 11.8 Å². The zero-order chi connectivity index (χ0) is 23.7. The van der Waals surface area contributed by atoms with Crippen molar-refractivity contribution in [3.05, 3.63) is 83.6 Å². The minimum absolute atomic E-state index is 0.00853. The fourth-order valence-corrected chi connectivity index (χ4v) is 4.69. The highest BCUT2D eigenvalue weighted by Crippen LogP contribution is 2.40. The van der Waals surface area contributed by atoms with Crippen LogP contribution in [0, 0.1) is 18.8 Å². The highest BCUT2D eigenvalue weighted by atomic mass is 16.2. The summed E-state index contributed by atoms with van der Waals surface area (Å²) >= 11 is 0. The Kier molecular flexibility index (Phi) is 5.79. The largest absolute Gasteiger partial charge is 0.338 e. The predicted molar refractivity (Wildman–Crippen MR) is 130 cm³/mol. The van der Waals surface area contributed by atoms with Crippen LogP contribution in [0.3, 0.4) is 0 Å². The van der Waals surface area contributed by atoms with Crippen molar-refractivity contribution < 1.29 is 9.59 Å². The number of hydrogen-bond acceptors (Lipinski definition) is 5. The number of pyridine rings is 2. The van der Waals surface area contributed by atoms with Crippen molar-refractivity contribution >= 4 is 29.3 Å². The molecule has 1 aliphatic heterocycles. The number of carbonyl (C=O) groups excluding carboxylic acids is 2. The van der Waals surface area contributed by atoms with Gasteiger partial charge in [0.2, 0.25) is 5.91 Å². The average molecular weight is 455 g/mol. The number of nitrogens with zero attached hydrogens (tertiary/aromatic N) is 5. The van der Waals surface area contributed by atoms with Crippen molar-refractivity contribution in [1.29, 1.82) is 0 Å². The molecule has 0 bridgehead atoms. The normalized spacial score (nSPS) is 19.4. The van der Waals surface area contributed by atoms with Crippen molar-refractivity contribution in [3.63, 3.8) is 0 Å². The number of anilines is 1. The summed E-state index contributed by atoms with van der Waals surface area (Å²) in [5.74, 6) is 1.06. The number of aromatic nitrogens is 4. The predicted octanol–water partition coefficient (Wildman–Crippen LogP) is 3.35. The Morgan fingerprint density at radius 2 is 2.03 bits per heavy atom. The smallest absolute Gasteiger partial charge is 0.258 e. The minimum Gasteiger partial charge on any atom is -0.338 e. The first kappa shape index (κ1) is 21.8. The van der Waals surface area contributed by atoms with E-state index in [4.69, 9.17) is 0 Å². The van der Waals surface area contributed by atoms with Crippen LogP contribution >= 0.6 is 0 Å². The number of likely N-dealkylation sites (tertiary alicyclic amines) is 1. The van der Waals surface area contributed by atoms with Crippen LogP contribution in [0.5, 0.6) is 0 Å². The molecule has 2 amide bonds.